The van der Waals surface area contributed by atoms with Crippen LogP contribution in [0.4, 0.5) is 10.1 Å². The van der Waals surface area contributed by atoms with Gasteiger partial charge in [-0.1, -0.05) is 20.8 Å². The third-order valence-electron chi connectivity index (χ3n) is 4.04. The van der Waals surface area contributed by atoms with Crippen LogP contribution in [-0.2, 0) is 4.79 Å². The molecule has 0 radical (unpaired) electrons. The van der Waals surface area contributed by atoms with Crippen LogP contribution in [0, 0.1) is 11.2 Å². The molecular formula is C17H23FN2O3. The van der Waals surface area contributed by atoms with Crippen molar-refractivity contribution in [1.82, 2.24) is 5.32 Å². The molecule has 1 aromatic carbocycles. The molecule has 5 nitrogen and oxygen atoms in total. The van der Waals surface area contributed by atoms with Crippen molar-refractivity contribution in [2.75, 3.05) is 18.0 Å². The molecule has 1 heterocycles. The number of carbonyl (C=O) groups is 2. The highest BCUT2D eigenvalue weighted by molar-refractivity contribution is 5.99. The van der Waals surface area contributed by atoms with Crippen LogP contribution in [0.1, 0.15) is 44.0 Å². The summed E-state index contributed by atoms with van der Waals surface area (Å²) in [6.45, 7) is 6.17. The molecule has 0 aliphatic carbocycles. The maximum Gasteiger partial charge on any atom is 0.254 e. The second-order valence-electron chi connectivity index (χ2n) is 6.90. The minimum Gasteiger partial charge on any atom is -0.391 e. The van der Waals surface area contributed by atoms with Gasteiger partial charge in [0.1, 0.15) is 5.82 Å². The maximum atomic E-state index is 13.9. The standard InChI is InChI=1S/C17H23FN2O3/c1-17(2,3)14(21)10-19-16(23)12-9-11(6-7-13(12)18)20-8-4-5-15(20)22/h6-7,9,14,21H,4-5,8,10H2,1-3H3,(H,19,23). The van der Waals surface area contributed by atoms with Crippen molar-refractivity contribution in [1.29, 1.82) is 0 Å². The Morgan fingerprint density at radius 2 is 2.13 bits per heavy atom. The molecule has 0 spiro atoms. The smallest absolute Gasteiger partial charge is 0.254 e. The SMILES string of the molecule is CC(C)(C)C(O)CNC(=O)c1cc(N2CCCC2=O)ccc1F. The molecule has 1 aliphatic rings. The van der Waals surface area contributed by atoms with Gasteiger partial charge in [-0.25, -0.2) is 4.39 Å². The molecule has 6 heteroatoms. The van der Waals surface area contributed by atoms with Crippen LogP contribution in [0.3, 0.4) is 0 Å². The number of hydrogen-bond acceptors (Lipinski definition) is 3. The molecule has 1 fully saturated rings. The fraction of sp³-hybridized carbons (Fsp3) is 0.529. The summed E-state index contributed by atoms with van der Waals surface area (Å²) in [7, 11) is 0. The highest BCUT2D eigenvalue weighted by Crippen LogP contribution is 2.24. The highest BCUT2D eigenvalue weighted by Gasteiger charge is 2.25. The lowest BCUT2D eigenvalue weighted by molar-refractivity contribution is -0.117. The molecule has 23 heavy (non-hydrogen) atoms. The molecule has 2 amide bonds. The van der Waals surface area contributed by atoms with E-state index in [1.165, 1.54) is 18.2 Å². The van der Waals surface area contributed by atoms with E-state index in [1.54, 1.807) is 4.90 Å². The van der Waals surface area contributed by atoms with Gasteiger partial charge in [0.2, 0.25) is 5.91 Å². The topological polar surface area (TPSA) is 69.6 Å². The summed E-state index contributed by atoms with van der Waals surface area (Å²) < 4.78 is 13.9. The van der Waals surface area contributed by atoms with Crippen molar-refractivity contribution in [3.8, 4) is 0 Å². The summed E-state index contributed by atoms with van der Waals surface area (Å²) in [6.07, 6.45) is 0.490. The predicted molar refractivity (Wildman–Crippen MR) is 85.8 cm³/mol. The minimum absolute atomic E-state index is 0.0221. The van der Waals surface area contributed by atoms with Gasteiger partial charge in [-0.3, -0.25) is 9.59 Å². The molecule has 1 aromatic rings. The van der Waals surface area contributed by atoms with Gasteiger partial charge in [0, 0.05) is 25.2 Å². The van der Waals surface area contributed by atoms with Crippen LogP contribution < -0.4 is 10.2 Å². The van der Waals surface area contributed by atoms with Crippen LogP contribution >= 0.6 is 0 Å². The van der Waals surface area contributed by atoms with Gasteiger partial charge in [0.25, 0.3) is 5.91 Å². The van der Waals surface area contributed by atoms with E-state index in [4.69, 9.17) is 0 Å². The summed E-state index contributed by atoms with van der Waals surface area (Å²) in [5.41, 5.74) is 0.0223. The number of halogens is 1. The third kappa shape index (κ3) is 4.07. The average molecular weight is 322 g/mol. The van der Waals surface area contributed by atoms with Crippen LogP contribution in [0.15, 0.2) is 18.2 Å². The van der Waals surface area contributed by atoms with Gasteiger partial charge in [-0.15, -0.1) is 0 Å². The van der Waals surface area contributed by atoms with Gasteiger partial charge in [-0.05, 0) is 30.0 Å². The van der Waals surface area contributed by atoms with E-state index in [9.17, 15) is 19.1 Å². The van der Waals surface area contributed by atoms with Crippen molar-refractivity contribution in [3.63, 3.8) is 0 Å². The van der Waals surface area contributed by atoms with Crippen LogP contribution in [0.2, 0.25) is 0 Å². The van der Waals surface area contributed by atoms with Gasteiger partial charge >= 0.3 is 0 Å². The molecule has 1 aliphatic heterocycles. The molecule has 0 saturated carbocycles. The Morgan fingerprint density at radius 1 is 1.43 bits per heavy atom. The fourth-order valence-corrected chi connectivity index (χ4v) is 2.37. The third-order valence-corrected chi connectivity index (χ3v) is 4.04. The van der Waals surface area contributed by atoms with Crippen LogP contribution in [0.25, 0.3) is 0 Å². The molecule has 2 rings (SSSR count). The van der Waals surface area contributed by atoms with E-state index in [0.717, 1.165) is 6.42 Å². The molecule has 1 atom stereocenters. The molecule has 0 aromatic heterocycles. The van der Waals surface area contributed by atoms with Crippen molar-refractivity contribution in [3.05, 3.63) is 29.6 Å². The summed E-state index contributed by atoms with van der Waals surface area (Å²) in [4.78, 5) is 25.5. The summed E-state index contributed by atoms with van der Waals surface area (Å²) in [5.74, 6) is -1.27. The lowest BCUT2D eigenvalue weighted by Crippen LogP contribution is -2.39. The number of carbonyl (C=O) groups excluding carboxylic acids is 2. The van der Waals surface area contributed by atoms with E-state index < -0.39 is 17.8 Å². The number of nitrogens with one attached hydrogen (secondary N) is 1. The Bertz CT molecular complexity index is 610. The average Bonchev–Trinajstić information content (AvgIpc) is 2.90. The summed E-state index contributed by atoms with van der Waals surface area (Å²) >= 11 is 0. The zero-order valence-electron chi connectivity index (χ0n) is 13.7. The lowest BCUT2D eigenvalue weighted by Gasteiger charge is -2.26. The van der Waals surface area contributed by atoms with Crippen molar-refractivity contribution >= 4 is 17.5 Å². The molecule has 1 unspecified atom stereocenters. The quantitative estimate of drug-likeness (QED) is 0.892. The monoisotopic (exact) mass is 322 g/mol. The lowest BCUT2D eigenvalue weighted by atomic mass is 9.89. The first-order chi connectivity index (χ1) is 10.7. The number of aliphatic hydroxyl groups is 1. The summed E-state index contributed by atoms with van der Waals surface area (Å²) in [6, 6.07) is 4.08. The number of anilines is 1. The number of benzene rings is 1. The van der Waals surface area contributed by atoms with E-state index >= 15 is 0 Å². The zero-order chi connectivity index (χ0) is 17.2. The first-order valence-electron chi connectivity index (χ1n) is 7.76. The van der Waals surface area contributed by atoms with Gasteiger partial charge in [0.05, 0.1) is 11.7 Å². The van der Waals surface area contributed by atoms with E-state index in [1.807, 2.05) is 20.8 Å². The van der Waals surface area contributed by atoms with Crippen molar-refractivity contribution in [2.45, 2.75) is 39.7 Å². The normalized spacial score (nSPS) is 16.6. The van der Waals surface area contributed by atoms with Crippen molar-refractivity contribution in [2.24, 2.45) is 5.41 Å². The van der Waals surface area contributed by atoms with E-state index in [0.29, 0.717) is 18.7 Å². The van der Waals surface area contributed by atoms with Gasteiger partial charge < -0.3 is 15.3 Å². The molecule has 126 valence electrons. The Hall–Kier alpha value is -1.95. The van der Waals surface area contributed by atoms with Crippen LogP contribution in [-0.4, -0.2) is 36.1 Å². The molecular weight excluding hydrogens is 299 g/mol. The fourth-order valence-electron chi connectivity index (χ4n) is 2.37. The van der Waals surface area contributed by atoms with Crippen molar-refractivity contribution < 1.29 is 19.1 Å². The maximum absolute atomic E-state index is 13.9. The Labute approximate surface area is 135 Å². The number of nitrogens with zero attached hydrogens (tertiary/aromatic N) is 1. The Morgan fingerprint density at radius 3 is 2.70 bits per heavy atom. The van der Waals surface area contributed by atoms with Crippen LogP contribution in [0.5, 0.6) is 0 Å². The van der Waals surface area contributed by atoms with Gasteiger partial charge in [0.15, 0.2) is 0 Å². The van der Waals surface area contributed by atoms with E-state index in [-0.39, 0.29) is 23.4 Å². The zero-order valence-corrected chi connectivity index (χ0v) is 13.7. The van der Waals surface area contributed by atoms with Gasteiger partial charge in [-0.2, -0.15) is 0 Å². The largest absolute Gasteiger partial charge is 0.391 e. The number of hydrogen-bond donors (Lipinski definition) is 2. The second-order valence-corrected chi connectivity index (χ2v) is 6.90. The summed E-state index contributed by atoms with van der Waals surface area (Å²) in [5, 5.41) is 12.5. The van der Waals surface area contributed by atoms with E-state index in [2.05, 4.69) is 5.32 Å². The molecule has 2 N–H and O–H groups in total. The molecule has 0 bridgehead atoms. The second kappa shape index (κ2) is 6.66. The number of amides is 2. The Balaban J connectivity index is 2.12. The highest BCUT2D eigenvalue weighted by atomic mass is 19.1. The first-order valence-corrected chi connectivity index (χ1v) is 7.76. The minimum atomic E-state index is -0.738. The first kappa shape index (κ1) is 17.4. The number of rotatable bonds is 4. The predicted octanol–water partition coefficient (Wildman–Crippen LogP) is 2.09. The molecule has 1 saturated heterocycles. The Kier molecular flexibility index (Phi) is 5.04. The number of aliphatic hydroxyl groups excluding tert-OH is 1.